The number of carbonyl (C=O) groups excluding carboxylic acids is 3. The molecule has 1 fully saturated rings. The van der Waals surface area contributed by atoms with Gasteiger partial charge in [0.05, 0.1) is 23.0 Å². The van der Waals surface area contributed by atoms with Crippen LogP contribution in [0.4, 0.5) is 0 Å². The first kappa shape index (κ1) is 39.1. The molecule has 0 amide bonds. The number of benzene rings is 4. The fourth-order valence-corrected chi connectivity index (χ4v) is 8.28. The van der Waals surface area contributed by atoms with Crippen molar-refractivity contribution in [3.63, 3.8) is 0 Å². The van der Waals surface area contributed by atoms with Gasteiger partial charge in [0.1, 0.15) is 30.2 Å². The van der Waals surface area contributed by atoms with E-state index in [9.17, 15) is 14.4 Å². The number of imidazole rings is 1. The average molecular weight is 767 g/mol. The predicted octanol–water partition coefficient (Wildman–Crippen LogP) is 8.47. The molecule has 57 heavy (non-hydrogen) atoms. The summed E-state index contributed by atoms with van der Waals surface area (Å²) in [7, 11) is 0. The number of esters is 3. The Morgan fingerprint density at radius 3 is 1.60 bits per heavy atom. The van der Waals surface area contributed by atoms with Gasteiger partial charge in [-0.05, 0) is 95.7 Å². The Hall–Kier alpha value is -6.20. The highest BCUT2D eigenvalue weighted by Crippen LogP contribution is 2.38. The standard InChI is InChI=1S/C46H46N4O7/c1-24-15-27(4)35(28(5)16-24)44(51)54-21-34-40(56-45(52)36-29(6)17-25(2)18-30(36)7)41(57-46(53)37-31(8)19-26(3)20-32(37)9)43(55-34)50-23-49-39-38(47-22-48-42(39)50)33-13-11-10-12-14-33/h10-20,22-23,34,40-41,43H,21H2,1-9H3/t34-,40?,41?,43-/m1/s1. The van der Waals surface area contributed by atoms with Crippen molar-refractivity contribution in [1.82, 2.24) is 19.5 Å². The molecule has 3 heterocycles. The van der Waals surface area contributed by atoms with Gasteiger partial charge in [-0.15, -0.1) is 0 Å². The highest BCUT2D eigenvalue weighted by molar-refractivity contribution is 5.95. The van der Waals surface area contributed by atoms with Gasteiger partial charge in [0.15, 0.2) is 24.1 Å². The van der Waals surface area contributed by atoms with Crippen molar-refractivity contribution < 1.29 is 33.3 Å². The number of nitrogens with zero attached hydrogens (tertiary/aromatic N) is 4. The largest absolute Gasteiger partial charge is 0.459 e. The van der Waals surface area contributed by atoms with E-state index in [1.165, 1.54) is 6.33 Å². The first-order valence-corrected chi connectivity index (χ1v) is 18.9. The summed E-state index contributed by atoms with van der Waals surface area (Å²) in [5.41, 5.74) is 11.0. The van der Waals surface area contributed by atoms with Crippen LogP contribution in [0.1, 0.15) is 87.4 Å². The summed E-state index contributed by atoms with van der Waals surface area (Å²) in [6, 6.07) is 21.1. The van der Waals surface area contributed by atoms with Crippen LogP contribution in [0, 0.1) is 62.3 Å². The van der Waals surface area contributed by atoms with Crippen LogP contribution in [0.15, 0.2) is 79.4 Å². The van der Waals surface area contributed by atoms with Crippen LogP contribution in [0.5, 0.6) is 0 Å². The Morgan fingerprint density at radius 2 is 1.09 bits per heavy atom. The van der Waals surface area contributed by atoms with Gasteiger partial charge in [-0.1, -0.05) is 83.4 Å². The minimum Gasteiger partial charge on any atom is -0.459 e. The van der Waals surface area contributed by atoms with E-state index in [0.29, 0.717) is 33.5 Å². The van der Waals surface area contributed by atoms with Crippen molar-refractivity contribution in [2.24, 2.45) is 0 Å². The Kier molecular flexibility index (Phi) is 10.8. The van der Waals surface area contributed by atoms with Crippen molar-refractivity contribution >= 4 is 29.1 Å². The summed E-state index contributed by atoms with van der Waals surface area (Å²) in [5.74, 6) is -1.81. The van der Waals surface area contributed by atoms with Crippen molar-refractivity contribution in [1.29, 1.82) is 0 Å². The van der Waals surface area contributed by atoms with Gasteiger partial charge >= 0.3 is 17.9 Å². The number of fused-ring (bicyclic) bond motifs is 1. The molecule has 11 nitrogen and oxygen atoms in total. The van der Waals surface area contributed by atoms with Crippen LogP contribution < -0.4 is 0 Å². The second-order valence-corrected chi connectivity index (χ2v) is 15.1. The maximum Gasteiger partial charge on any atom is 0.339 e. The van der Waals surface area contributed by atoms with Gasteiger partial charge in [-0.25, -0.2) is 29.3 Å². The molecule has 0 N–H and O–H groups in total. The smallest absolute Gasteiger partial charge is 0.339 e. The quantitative estimate of drug-likeness (QED) is 0.104. The maximum atomic E-state index is 14.3. The van der Waals surface area contributed by atoms with Gasteiger partial charge in [-0.2, -0.15) is 0 Å². The number of rotatable bonds is 9. The number of hydrogen-bond acceptors (Lipinski definition) is 10. The van der Waals surface area contributed by atoms with Gasteiger partial charge in [0, 0.05) is 5.56 Å². The molecule has 0 bridgehead atoms. The van der Waals surface area contributed by atoms with Crippen LogP contribution in [0.3, 0.4) is 0 Å². The lowest BCUT2D eigenvalue weighted by Gasteiger charge is -2.26. The molecule has 292 valence electrons. The van der Waals surface area contributed by atoms with Crippen molar-refractivity contribution in [2.45, 2.75) is 86.9 Å². The number of carbonyl (C=O) groups is 3. The zero-order valence-electron chi connectivity index (χ0n) is 33.7. The van der Waals surface area contributed by atoms with E-state index in [1.807, 2.05) is 129 Å². The van der Waals surface area contributed by atoms with E-state index in [2.05, 4.69) is 9.97 Å². The molecule has 0 saturated carbocycles. The average Bonchev–Trinajstić information content (AvgIpc) is 3.70. The van der Waals surface area contributed by atoms with E-state index >= 15 is 0 Å². The van der Waals surface area contributed by atoms with Gasteiger partial charge < -0.3 is 18.9 Å². The van der Waals surface area contributed by atoms with Crippen LogP contribution >= 0.6 is 0 Å². The molecule has 0 radical (unpaired) electrons. The topological polar surface area (TPSA) is 132 Å². The van der Waals surface area contributed by atoms with Crippen molar-refractivity contribution in [3.8, 4) is 11.3 Å². The number of hydrogen-bond donors (Lipinski definition) is 0. The second kappa shape index (κ2) is 15.7. The third-order valence-electron chi connectivity index (χ3n) is 10.5. The van der Waals surface area contributed by atoms with Crippen LogP contribution in [-0.2, 0) is 18.9 Å². The summed E-state index contributed by atoms with van der Waals surface area (Å²) in [6.07, 6.45) is -1.70. The van der Waals surface area contributed by atoms with Crippen molar-refractivity contribution in [2.75, 3.05) is 6.61 Å². The first-order valence-electron chi connectivity index (χ1n) is 18.9. The molecule has 11 heteroatoms. The third kappa shape index (κ3) is 7.67. The Balaban J connectivity index is 1.34. The summed E-state index contributed by atoms with van der Waals surface area (Å²) in [6.45, 7) is 16.7. The van der Waals surface area contributed by atoms with E-state index in [0.717, 1.165) is 55.6 Å². The zero-order valence-corrected chi connectivity index (χ0v) is 33.7. The normalized spacial score (nSPS) is 17.8. The maximum absolute atomic E-state index is 14.3. The molecule has 1 aliphatic rings. The Morgan fingerprint density at radius 1 is 0.614 bits per heavy atom. The fourth-order valence-electron chi connectivity index (χ4n) is 8.28. The molecule has 7 rings (SSSR count). The zero-order chi connectivity index (χ0) is 40.7. The minimum atomic E-state index is -1.24. The molecule has 2 unspecified atom stereocenters. The van der Waals surface area contributed by atoms with Gasteiger partial charge in [0.2, 0.25) is 0 Å². The molecule has 0 spiro atoms. The Bertz CT molecular complexity index is 2470. The van der Waals surface area contributed by atoms with E-state index in [1.54, 1.807) is 10.9 Å². The molecule has 4 aromatic carbocycles. The van der Waals surface area contributed by atoms with Crippen LogP contribution in [-0.4, -0.2) is 62.3 Å². The lowest BCUT2D eigenvalue weighted by Crippen LogP contribution is -2.41. The van der Waals surface area contributed by atoms with E-state index in [-0.39, 0.29) is 6.61 Å². The number of ether oxygens (including phenoxy) is 4. The Labute approximate surface area is 332 Å². The summed E-state index contributed by atoms with van der Waals surface area (Å²) in [5, 5.41) is 0. The lowest BCUT2D eigenvalue weighted by molar-refractivity contribution is -0.0606. The van der Waals surface area contributed by atoms with Crippen molar-refractivity contribution in [3.05, 3.63) is 146 Å². The molecule has 1 aliphatic heterocycles. The third-order valence-corrected chi connectivity index (χ3v) is 10.5. The SMILES string of the molecule is Cc1cc(C)c(C(=O)OC[C@H]2O[C@@H](n3cnc4c(-c5ccccc5)ncnc43)C(OC(=O)c3c(C)cc(C)cc3C)C2OC(=O)c2c(C)cc(C)cc2C)c(C)c1. The van der Waals surface area contributed by atoms with Gasteiger partial charge in [-0.3, -0.25) is 4.57 Å². The number of aromatic nitrogens is 4. The molecule has 1 saturated heterocycles. The van der Waals surface area contributed by atoms with Crippen LogP contribution in [0.2, 0.25) is 0 Å². The predicted molar refractivity (Wildman–Crippen MR) is 215 cm³/mol. The molecule has 0 aliphatic carbocycles. The second-order valence-electron chi connectivity index (χ2n) is 15.1. The fraction of sp³-hybridized carbons (Fsp3) is 0.304. The summed E-state index contributed by atoms with van der Waals surface area (Å²) < 4.78 is 27.1. The van der Waals surface area contributed by atoms with Crippen LogP contribution in [0.25, 0.3) is 22.4 Å². The first-order chi connectivity index (χ1) is 27.2. The highest BCUT2D eigenvalue weighted by atomic mass is 16.7. The lowest BCUT2D eigenvalue weighted by atomic mass is 9.99. The molecular formula is C46H46N4O7. The molecular weight excluding hydrogens is 721 g/mol. The van der Waals surface area contributed by atoms with E-state index in [4.69, 9.17) is 23.9 Å². The van der Waals surface area contributed by atoms with Gasteiger partial charge in [0.25, 0.3) is 0 Å². The summed E-state index contributed by atoms with van der Waals surface area (Å²) in [4.78, 5) is 56.1. The number of aryl methyl sites for hydroxylation is 9. The molecule has 6 aromatic rings. The molecule has 2 aromatic heterocycles. The minimum absolute atomic E-state index is 0.320. The molecule has 4 atom stereocenters. The summed E-state index contributed by atoms with van der Waals surface area (Å²) >= 11 is 0. The highest BCUT2D eigenvalue weighted by Gasteiger charge is 2.52. The van der Waals surface area contributed by atoms with E-state index < -0.39 is 42.4 Å². The monoisotopic (exact) mass is 766 g/mol.